The number of ketones is 1. The van der Waals surface area contributed by atoms with Crippen LogP contribution in [0.25, 0.3) is 0 Å². The summed E-state index contributed by atoms with van der Waals surface area (Å²) in [5, 5.41) is 0. The van der Waals surface area contributed by atoms with Crippen LogP contribution in [0.5, 0.6) is 0 Å². The zero-order valence-electron chi connectivity index (χ0n) is 9.21. The molecule has 2 rings (SSSR count). The summed E-state index contributed by atoms with van der Waals surface area (Å²) in [6.45, 7) is 0. The van der Waals surface area contributed by atoms with Crippen LogP contribution in [0.4, 0.5) is 4.39 Å². The van der Waals surface area contributed by atoms with E-state index in [9.17, 15) is 14.0 Å². The maximum Gasteiger partial charge on any atom is 0.168 e. The van der Waals surface area contributed by atoms with Gasteiger partial charge < -0.3 is 0 Å². The third-order valence-electron chi connectivity index (χ3n) is 3.24. The van der Waals surface area contributed by atoms with Crippen molar-refractivity contribution in [1.82, 2.24) is 0 Å². The van der Waals surface area contributed by atoms with E-state index in [1.165, 1.54) is 6.07 Å². The van der Waals surface area contributed by atoms with Gasteiger partial charge in [0.2, 0.25) is 0 Å². The first-order chi connectivity index (χ1) is 8.15. The molecule has 17 heavy (non-hydrogen) atoms. The standard InChI is InChI=1S/C13H12BrFO2/c14-11-6-5-9(12(15)10(11)7-16)13(17)8-3-1-2-4-8/h5-8H,1-4H2. The molecular formula is C13H12BrFO2. The quantitative estimate of drug-likeness (QED) is 0.629. The van der Waals surface area contributed by atoms with E-state index in [1.807, 2.05) is 0 Å². The molecule has 90 valence electrons. The number of hydrogen-bond acceptors (Lipinski definition) is 2. The topological polar surface area (TPSA) is 34.1 Å². The summed E-state index contributed by atoms with van der Waals surface area (Å²) in [6.07, 6.45) is 4.13. The van der Waals surface area contributed by atoms with Crippen LogP contribution >= 0.6 is 15.9 Å². The van der Waals surface area contributed by atoms with Gasteiger partial charge in [-0.05, 0) is 40.9 Å². The Morgan fingerprint density at radius 3 is 2.59 bits per heavy atom. The van der Waals surface area contributed by atoms with Gasteiger partial charge in [-0.25, -0.2) is 4.39 Å². The minimum Gasteiger partial charge on any atom is -0.298 e. The summed E-state index contributed by atoms with van der Waals surface area (Å²) in [6, 6.07) is 3.00. The smallest absolute Gasteiger partial charge is 0.168 e. The fourth-order valence-electron chi connectivity index (χ4n) is 2.28. The Balaban J connectivity index is 2.38. The van der Waals surface area contributed by atoms with Gasteiger partial charge in [0.05, 0.1) is 11.1 Å². The van der Waals surface area contributed by atoms with Crippen LogP contribution in [-0.4, -0.2) is 12.1 Å². The van der Waals surface area contributed by atoms with Crippen molar-refractivity contribution < 1.29 is 14.0 Å². The Labute approximate surface area is 107 Å². The fraction of sp³-hybridized carbons (Fsp3) is 0.385. The number of rotatable bonds is 3. The second kappa shape index (κ2) is 5.08. The normalized spacial score (nSPS) is 16.1. The SMILES string of the molecule is O=Cc1c(Br)ccc(C(=O)C2CCCC2)c1F. The van der Waals surface area contributed by atoms with Crippen molar-refractivity contribution in [2.75, 3.05) is 0 Å². The molecule has 1 aliphatic carbocycles. The third-order valence-corrected chi connectivity index (χ3v) is 3.93. The highest BCUT2D eigenvalue weighted by atomic mass is 79.9. The van der Waals surface area contributed by atoms with Crippen molar-refractivity contribution in [3.05, 3.63) is 33.5 Å². The number of benzene rings is 1. The Morgan fingerprint density at radius 1 is 1.35 bits per heavy atom. The molecule has 1 aromatic carbocycles. The summed E-state index contributed by atoms with van der Waals surface area (Å²) in [4.78, 5) is 22.8. The second-order valence-corrected chi connectivity index (χ2v) is 5.14. The van der Waals surface area contributed by atoms with Crippen molar-refractivity contribution >= 4 is 28.0 Å². The van der Waals surface area contributed by atoms with Crippen LogP contribution in [0, 0.1) is 11.7 Å². The molecule has 0 N–H and O–H groups in total. The van der Waals surface area contributed by atoms with Gasteiger partial charge in [-0.15, -0.1) is 0 Å². The molecule has 4 heteroatoms. The van der Waals surface area contributed by atoms with E-state index < -0.39 is 5.82 Å². The highest BCUT2D eigenvalue weighted by molar-refractivity contribution is 9.10. The molecule has 2 nitrogen and oxygen atoms in total. The summed E-state index contributed by atoms with van der Waals surface area (Å²) < 4.78 is 14.3. The largest absolute Gasteiger partial charge is 0.298 e. The van der Waals surface area contributed by atoms with Crippen LogP contribution in [-0.2, 0) is 0 Å². The molecule has 0 radical (unpaired) electrons. The van der Waals surface area contributed by atoms with Gasteiger partial charge in [0, 0.05) is 10.4 Å². The Morgan fingerprint density at radius 2 is 2.00 bits per heavy atom. The highest BCUT2D eigenvalue weighted by Gasteiger charge is 2.27. The van der Waals surface area contributed by atoms with Gasteiger partial charge in [-0.3, -0.25) is 9.59 Å². The minimum atomic E-state index is -0.703. The molecule has 1 aliphatic rings. The van der Waals surface area contributed by atoms with E-state index in [-0.39, 0.29) is 22.8 Å². The Kier molecular flexibility index (Phi) is 3.72. The monoisotopic (exact) mass is 298 g/mol. The molecule has 1 fully saturated rings. The summed E-state index contributed by atoms with van der Waals surface area (Å²) >= 11 is 3.09. The molecule has 0 aliphatic heterocycles. The molecular weight excluding hydrogens is 287 g/mol. The molecule has 1 saturated carbocycles. The first-order valence-corrected chi connectivity index (χ1v) is 6.42. The number of carbonyl (C=O) groups is 2. The summed E-state index contributed by atoms with van der Waals surface area (Å²) in [7, 11) is 0. The van der Waals surface area contributed by atoms with Crippen LogP contribution in [0.2, 0.25) is 0 Å². The first kappa shape index (κ1) is 12.4. The van der Waals surface area contributed by atoms with Crippen molar-refractivity contribution in [1.29, 1.82) is 0 Å². The lowest BCUT2D eigenvalue weighted by Gasteiger charge is -2.10. The van der Waals surface area contributed by atoms with E-state index >= 15 is 0 Å². The Bertz CT molecular complexity index is 465. The van der Waals surface area contributed by atoms with Crippen LogP contribution in [0.3, 0.4) is 0 Å². The average Bonchev–Trinajstić information content (AvgIpc) is 2.82. The minimum absolute atomic E-state index is 0.0437. The van der Waals surface area contributed by atoms with E-state index in [0.29, 0.717) is 10.8 Å². The Hall–Kier alpha value is -1.03. The highest BCUT2D eigenvalue weighted by Crippen LogP contribution is 2.30. The van der Waals surface area contributed by atoms with Gasteiger partial charge in [-0.2, -0.15) is 0 Å². The molecule has 0 spiro atoms. The fourth-order valence-corrected chi connectivity index (χ4v) is 2.68. The molecule has 0 amide bonds. The number of carbonyl (C=O) groups excluding carboxylic acids is 2. The molecule has 0 bridgehead atoms. The van der Waals surface area contributed by atoms with Gasteiger partial charge in [-0.1, -0.05) is 12.8 Å². The number of Topliss-reactive ketones (excluding diaryl/α,β-unsaturated/α-hetero) is 1. The average molecular weight is 299 g/mol. The van der Waals surface area contributed by atoms with Crippen LogP contribution in [0.1, 0.15) is 46.4 Å². The molecule has 0 saturated heterocycles. The van der Waals surface area contributed by atoms with E-state index in [4.69, 9.17) is 0 Å². The van der Waals surface area contributed by atoms with Gasteiger partial charge in [0.1, 0.15) is 5.82 Å². The lowest BCUT2D eigenvalue weighted by atomic mass is 9.95. The molecule has 0 unspecified atom stereocenters. The van der Waals surface area contributed by atoms with Crippen molar-refractivity contribution in [2.45, 2.75) is 25.7 Å². The summed E-state index contributed by atoms with van der Waals surface area (Å²) in [5.41, 5.74) is -0.0314. The lowest BCUT2D eigenvalue weighted by molar-refractivity contribution is 0.0918. The molecule has 1 aromatic rings. The third kappa shape index (κ3) is 2.32. The first-order valence-electron chi connectivity index (χ1n) is 5.62. The van der Waals surface area contributed by atoms with E-state index in [1.54, 1.807) is 6.07 Å². The number of halogens is 2. The lowest BCUT2D eigenvalue weighted by Crippen LogP contribution is -2.14. The van der Waals surface area contributed by atoms with Crippen molar-refractivity contribution in [3.63, 3.8) is 0 Å². The van der Waals surface area contributed by atoms with Gasteiger partial charge in [0.25, 0.3) is 0 Å². The van der Waals surface area contributed by atoms with Crippen molar-refractivity contribution in [2.24, 2.45) is 5.92 Å². The van der Waals surface area contributed by atoms with Gasteiger partial charge in [0.15, 0.2) is 12.1 Å². The zero-order chi connectivity index (χ0) is 12.4. The summed E-state index contributed by atoms with van der Waals surface area (Å²) in [5.74, 6) is -0.952. The number of aldehydes is 1. The predicted octanol–water partition coefficient (Wildman–Crippen LogP) is 3.77. The van der Waals surface area contributed by atoms with Crippen LogP contribution in [0.15, 0.2) is 16.6 Å². The number of hydrogen-bond donors (Lipinski definition) is 0. The zero-order valence-corrected chi connectivity index (χ0v) is 10.8. The van der Waals surface area contributed by atoms with Crippen LogP contribution < -0.4 is 0 Å². The van der Waals surface area contributed by atoms with Crippen molar-refractivity contribution in [3.8, 4) is 0 Å². The van der Waals surface area contributed by atoms with Gasteiger partial charge >= 0.3 is 0 Å². The molecule has 0 atom stereocenters. The predicted molar refractivity (Wildman–Crippen MR) is 65.8 cm³/mol. The molecule has 0 heterocycles. The van der Waals surface area contributed by atoms with E-state index in [0.717, 1.165) is 25.7 Å². The maximum atomic E-state index is 14.0. The second-order valence-electron chi connectivity index (χ2n) is 4.29. The maximum absolute atomic E-state index is 14.0. The van der Waals surface area contributed by atoms with E-state index in [2.05, 4.69) is 15.9 Å². The molecule has 0 aromatic heterocycles.